The molecule has 0 aliphatic heterocycles. The summed E-state index contributed by atoms with van der Waals surface area (Å²) in [5, 5.41) is 8.94. The van der Waals surface area contributed by atoms with Crippen molar-refractivity contribution in [3.05, 3.63) is 54.1 Å². The quantitative estimate of drug-likeness (QED) is 0.798. The predicted octanol–water partition coefficient (Wildman–Crippen LogP) is 2.91. The smallest absolute Gasteiger partial charge is 0.0681 e. The van der Waals surface area contributed by atoms with Gasteiger partial charge in [0, 0.05) is 15.5 Å². The van der Waals surface area contributed by atoms with Crippen LogP contribution in [-0.4, -0.2) is 5.11 Å². The standard InChI is InChI=1S/C13H13NOS/c14-12-3-1-2-4-13(12)16-11-7-5-10(9-15)6-8-11/h1-8,15H,9,14H2. The van der Waals surface area contributed by atoms with E-state index in [2.05, 4.69) is 0 Å². The molecular formula is C13H13NOS. The van der Waals surface area contributed by atoms with Crippen molar-refractivity contribution in [3.63, 3.8) is 0 Å². The van der Waals surface area contributed by atoms with Crippen LogP contribution < -0.4 is 5.73 Å². The average molecular weight is 231 g/mol. The number of nitrogens with two attached hydrogens (primary N) is 1. The lowest BCUT2D eigenvalue weighted by atomic mass is 10.2. The second-order valence-corrected chi connectivity index (χ2v) is 4.56. The van der Waals surface area contributed by atoms with Gasteiger partial charge in [0.1, 0.15) is 0 Å². The molecule has 0 fully saturated rings. The second kappa shape index (κ2) is 5.05. The van der Waals surface area contributed by atoms with Crippen molar-refractivity contribution in [2.75, 3.05) is 5.73 Å². The van der Waals surface area contributed by atoms with Gasteiger partial charge >= 0.3 is 0 Å². The molecular weight excluding hydrogens is 218 g/mol. The van der Waals surface area contributed by atoms with Crippen LogP contribution in [-0.2, 0) is 6.61 Å². The van der Waals surface area contributed by atoms with Gasteiger partial charge in [-0.1, -0.05) is 36.0 Å². The number of hydrogen-bond donors (Lipinski definition) is 2. The van der Waals surface area contributed by atoms with Crippen LogP contribution in [0.15, 0.2) is 58.3 Å². The monoisotopic (exact) mass is 231 g/mol. The molecule has 3 heteroatoms. The first kappa shape index (κ1) is 11.0. The minimum absolute atomic E-state index is 0.0818. The summed E-state index contributed by atoms with van der Waals surface area (Å²) in [6.07, 6.45) is 0. The molecule has 2 aromatic rings. The Hall–Kier alpha value is -1.45. The van der Waals surface area contributed by atoms with Crippen LogP contribution in [0.2, 0.25) is 0 Å². The lowest BCUT2D eigenvalue weighted by Gasteiger charge is -2.05. The summed E-state index contributed by atoms with van der Waals surface area (Å²) >= 11 is 1.63. The van der Waals surface area contributed by atoms with Crippen LogP contribution in [0.3, 0.4) is 0 Å². The van der Waals surface area contributed by atoms with Crippen molar-refractivity contribution in [2.24, 2.45) is 0 Å². The van der Waals surface area contributed by atoms with E-state index in [-0.39, 0.29) is 6.61 Å². The van der Waals surface area contributed by atoms with Crippen molar-refractivity contribution < 1.29 is 5.11 Å². The van der Waals surface area contributed by atoms with Crippen LogP contribution in [0.5, 0.6) is 0 Å². The molecule has 0 unspecified atom stereocenters. The van der Waals surface area contributed by atoms with Crippen molar-refractivity contribution in [1.82, 2.24) is 0 Å². The third-order valence-electron chi connectivity index (χ3n) is 2.25. The number of nitrogen functional groups attached to an aromatic ring is 1. The van der Waals surface area contributed by atoms with Crippen LogP contribution in [0.25, 0.3) is 0 Å². The number of rotatable bonds is 3. The molecule has 3 N–H and O–H groups in total. The van der Waals surface area contributed by atoms with Gasteiger partial charge in [0.2, 0.25) is 0 Å². The van der Waals surface area contributed by atoms with E-state index in [1.807, 2.05) is 48.5 Å². The highest BCUT2D eigenvalue weighted by Crippen LogP contribution is 2.31. The number of hydrogen-bond acceptors (Lipinski definition) is 3. The summed E-state index contributed by atoms with van der Waals surface area (Å²) in [4.78, 5) is 2.18. The van der Waals surface area contributed by atoms with E-state index in [1.54, 1.807) is 11.8 Å². The van der Waals surface area contributed by atoms with Gasteiger partial charge in [0.15, 0.2) is 0 Å². The summed E-state index contributed by atoms with van der Waals surface area (Å²) in [6.45, 7) is 0.0818. The topological polar surface area (TPSA) is 46.2 Å². The number of anilines is 1. The van der Waals surface area contributed by atoms with Gasteiger partial charge in [-0.15, -0.1) is 0 Å². The molecule has 0 saturated carbocycles. The molecule has 82 valence electrons. The Labute approximate surface area is 99.1 Å². The molecule has 0 amide bonds. The molecule has 0 aliphatic carbocycles. The summed E-state index contributed by atoms with van der Waals surface area (Å²) < 4.78 is 0. The Kier molecular flexibility index (Phi) is 3.49. The molecule has 0 heterocycles. The summed E-state index contributed by atoms with van der Waals surface area (Å²) in [5.41, 5.74) is 7.58. The molecule has 2 rings (SSSR count). The molecule has 0 saturated heterocycles. The number of aliphatic hydroxyl groups excluding tert-OH is 1. The molecule has 0 radical (unpaired) electrons. The molecule has 0 bridgehead atoms. The van der Waals surface area contributed by atoms with E-state index in [0.29, 0.717) is 0 Å². The second-order valence-electron chi connectivity index (χ2n) is 3.44. The predicted molar refractivity (Wildman–Crippen MR) is 67.3 cm³/mol. The van der Waals surface area contributed by atoms with Gasteiger partial charge in [0.05, 0.1) is 6.61 Å². The summed E-state index contributed by atoms with van der Waals surface area (Å²) in [7, 11) is 0. The number of para-hydroxylation sites is 1. The van der Waals surface area contributed by atoms with Gasteiger partial charge in [-0.05, 0) is 29.8 Å². The molecule has 16 heavy (non-hydrogen) atoms. The van der Waals surface area contributed by atoms with Crippen LogP contribution >= 0.6 is 11.8 Å². The average Bonchev–Trinajstić information content (AvgIpc) is 2.33. The van der Waals surface area contributed by atoms with Gasteiger partial charge in [-0.2, -0.15) is 0 Å². The highest BCUT2D eigenvalue weighted by molar-refractivity contribution is 7.99. The minimum Gasteiger partial charge on any atom is -0.398 e. The molecule has 0 spiro atoms. The van der Waals surface area contributed by atoms with Crippen molar-refractivity contribution in [3.8, 4) is 0 Å². The van der Waals surface area contributed by atoms with Crippen LogP contribution in [0.1, 0.15) is 5.56 Å². The van der Waals surface area contributed by atoms with E-state index in [9.17, 15) is 0 Å². The van der Waals surface area contributed by atoms with Crippen molar-refractivity contribution in [1.29, 1.82) is 0 Å². The lowest BCUT2D eigenvalue weighted by molar-refractivity contribution is 0.282. The first-order valence-electron chi connectivity index (χ1n) is 5.02. The highest BCUT2D eigenvalue weighted by Gasteiger charge is 2.00. The van der Waals surface area contributed by atoms with E-state index in [1.165, 1.54) is 0 Å². The number of aliphatic hydroxyl groups is 1. The van der Waals surface area contributed by atoms with Gasteiger partial charge in [0.25, 0.3) is 0 Å². The molecule has 0 atom stereocenters. The normalized spacial score (nSPS) is 10.3. The maximum atomic E-state index is 8.94. The number of benzene rings is 2. The van der Waals surface area contributed by atoms with Crippen LogP contribution in [0, 0.1) is 0 Å². The molecule has 0 aliphatic rings. The zero-order valence-corrected chi connectivity index (χ0v) is 9.58. The molecule has 2 nitrogen and oxygen atoms in total. The Balaban J connectivity index is 2.18. The highest BCUT2D eigenvalue weighted by atomic mass is 32.2. The van der Waals surface area contributed by atoms with E-state index in [4.69, 9.17) is 10.8 Å². The fraction of sp³-hybridized carbons (Fsp3) is 0.0769. The Bertz CT molecular complexity index is 468. The fourth-order valence-electron chi connectivity index (χ4n) is 1.36. The maximum absolute atomic E-state index is 8.94. The zero-order chi connectivity index (χ0) is 11.4. The Morgan fingerprint density at radius 1 is 1.00 bits per heavy atom. The van der Waals surface area contributed by atoms with Crippen LogP contribution in [0.4, 0.5) is 5.69 Å². The third kappa shape index (κ3) is 2.56. The van der Waals surface area contributed by atoms with Crippen molar-refractivity contribution in [2.45, 2.75) is 16.4 Å². The third-order valence-corrected chi connectivity index (χ3v) is 3.35. The maximum Gasteiger partial charge on any atom is 0.0681 e. The van der Waals surface area contributed by atoms with Crippen molar-refractivity contribution >= 4 is 17.4 Å². The molecule has 0 aromatic heterocycles. The SMILES string of the molecule is Nc1ccccc1Sc1ccc(CO)cc1. The van der Waals surface area contributed by atoms with Gasteiger partial charge < -0.3 is 10.8 Å². The summed E-state index contributed by atoms with van der Waals surface area (Å²) in [6, 6.07) is 15.6. The Morgan fingerprint density at radius 3 is 2.31 bits per heavy atom. The lowest BCUT2D eigenvalue weighted by Crippen LogP contribution is -1.87. The zero-order valence-electron chi connectivity index (χ0n) is 8.76. The largest absolute Gasteiger partial charge is 0.398 e. The van der Waals surface area contributed by atoms with E-state index in [0.717, 1.165) is 21.0 Å². The fourth-order valence-corrected chi connectivity index (χ4v) is 2.22. The van der Waals surface area contributed by atoms with E-state index >= 15 is 0 Å². The molecule has 2 aromatic carbocycles. The van der Waals surface area contributed by atoms with Gasteiger partial charge in [-0.3, -0.25) is 0 Å². The minimum atomic E-state index is 0.0818. The van der Waals surface area contributed by atoms with Gasteiger partial charge in [-0.25, -0.2) is 0 Å². The summed E-state index contributed by atoms with van der Waals surface area (Å²) in [5.74, 6) is 0. The first-order valence-corrected chi connectivity index (χ1v) is 5.83. The first-order chi connectivity index (χ1) is 7.79. The Morgan fingerprint density at radius 2 is 1.69 bits per heavy atom. The van der Waals surface area contributed by atoms with E-state index < -0.39 is 0 Å².